The Hall–Kier alpha value is -2.26. The average Bonchev–Trinajstić information content (AvgIpc) is 2.91. The molecule has 0 saturated heterocycles. The van der Waals surface area contributed by atoms with Crippen molar-refractivity contribution in [1.82, 2.24) is 9.78 Å². The van der Waals surface area contributed by atoms with Crippen LogP contribution in [0, 0.1) is 6.92 Å². The molecule has 0 aliphatic carbocycles. The molecule has 0 amide bonds. The van der Waals surface area contributed by atoms with Gasteiger partial charge < -0.3 is 4.74 Å². The van der Waals surface area contributed by atoms with Gasteiger partial charge in [-0.15, -0.1) is 0 Å². The zero-order valence-corrected chi connectivity index (χ0v) is 11.7. The van der Waals surface area contributed by atoms with E-state index in [0.717, 1.165) is 11.4 Å². The highest BCUT2D eigenvalue weighted by molar-refractivity contribution is 6.30. The lowest BCUT2D eigenvalue weighted by Gasteiger charge is -2.03. The molecule has 0 unspecified atom stereocenters. The Morgan fingerprint density at radius 2 is 1.65 bits per heavy atom. The lowest BCUT2D eigenvalue weighted by Crippen LogP contribution is -1.92. The van der Waals surface area contributed by atoms with Gasteiger partial charge in [0.15, 0.2) is 5.75 Å². The second-order valence-corrected chi connectivity index (χ2v) is 4.95. The second-order valence-electron chi connectivity index (χ2n) is 4.51. The number of ether oxygens (including phenoxy) is 1. The monoisotopic (exact) mass is 284 g/mol. The van der Waals surface area contributed by atoms with E-state index in [-0.39, 0.29) is 0 Å². The zero-order valence-electron chi connectivity index (χ0n) is 11.0. The molecule has 1 heterocycles. The van der Waals surface area contributed by atoms with Crippen LogP contribution in [-0.2, 0) is 0 Å². The number of hydrogen-bond acceptors (Lipinski definition) is 2. The number of nitrogens with zero attached hydrogens (tertiary/aromatic N) is 2. The molecule has 0 aliphatic rings. The summed E-state index contributed by atoms with van der Waals surface area (Å²) in [5.74, 6) is 1.50. The predicted octanol–water partition coefficient (Wildman–Crippen LogP) is 4.63. The van der Waals surface area contributed by atoms with Crippen molar-refractivity contribution in [2.75, 3.05) is 0 Å². The molecule has 3 rings (SSSR count). The van der Waals surface area contributed by atoms with E-state index in [4.69, 9.17) is 16.3 Å². The first-order valence-electron chi connectivity index (χ1n) is 6.26. The molecule has 3 nitrogen and oxygen atoms in total. The summed E-state index contributed by atoms with van der Waals surface area (Å²) in [5, 5.41) is 4.98. The van der Waals surface area contributed by atoms with Crippen molar-refractivity contribution < 1.29 is 4.74 Å². The van der Waals surface area contributed by atoms with Gasteiger partial charge >= 0.3 is 0 Å². The number of rotatable bonds is 3. The summed E-state index contributed by atoms with van der Waals surface area (Å²) in [6.07, 6.45) is 3.53. The molecule has 1 aromatic heterocycles. The van der Waals surface area contributed by atoms with Gasteiger partial charge in [-0.3, -0.25) is 0 Å². The molecule has 2 aromatic carbocycles. The highest BCUT2D eigenvalue weighted by Crippen LogP contribution is 2.22. The third-order valence-electron chi connectivity index (χ3n) is 2.91. The van der Waals surface area contributed by atoms with Gasteiger partial charge in [-0.2, -0.15) is 5.10 Å². The van der Waals surface area contributed by atoms with Crippen molar-refractivity contribution in [2.45, 2.75) is 6.92 Å². The summed E-state index contributed by atoms with van der Waals surface area (Å²) in [5.41, 5.74) is 2.14. The van der Waals surface area contributed by atoms with Crippen molar-refractivity contribution in [2.24, 2.45) is 0 Å². The van der Waals surface area contributed by atoms with E-state index >= 15 is 0 Å². The molecule has 4 heteroatoms. The van der Waals surface area contributed by atoms with Gasteiger partial charge in [0, 0.05) is 5.02 Å². The first kappa shape index (κ1) is 12.8. The lowest BCUT2D eigenvalue weighted by atomic mass is 10.2. The maximum atomic E-state index is 5.87. The van der Waals surface area contributed by atoms with E-state index < -0.39 is 0 Å². The summed E-state index contributed by atoms with van der Waals surface area (Å²) < 4.78 is 7.50. The van der Waals surface area contributed by atoms with Gasteiger partial charge in [0.05, 0.1) is 18.1 Å². The first-order chi connectivity index (χ1) is 9.70. The molecule has 0 aliphatic heterocycles. The molecule has 0 bridgehead atoms. The summed E-state index contributed by atoms with van der Waals surface area (Å²) in [4.78, 5) is 0. The Labute approximate surface area is 122 Å². The van der Waals surface area contributed by atoms with Gasteiger partial charge in [0.25, 0.3) is 0 Å². The van der Waals surface area contributed by atoms with Crippen LogP contribution >= 0.6 is 11.6 Å². The second kappa shape index (κ2) is 5.39. The molecule has 0 atom stereocenters. The van der Waals surface area contributed by atoms with Crippen LogP contribution in [0.25, 0.3) is 5.69 Å². The molecule has 0 N–H and O–H groups in total. The SMILES string of the molecule is Cc1ccc(Oc2cnn(-c3ccc(Cl)cc3)c2)cc1. The number of aryl methyl sites for hydroxylation is 1. The van der Waals surface area contributed by atoms with Crippen LogP contribution in [0.3, 0.4) is 0 Å². The molecule has 100 valence electrons. The van der Waals surface area contributed by atoms with Gasteiger partial charge in [0.1, 0.15) is 5.75 Å². The number of halogens is 1. The predicted molar refractivity (Wildman–Crippen MR) is 79.8 cm³/mol. The largest absolute Gasteiger partial charge is 0.454 e. The van der Waals surface area contributed by atoms with Crippen LogP contribution in [0.5, 0.6) is 11.5 Å². The summed E-state index contributed by atoms with van der Waals surface area (Å²) in [7, 11) is 0. The topological polar surface area (TPSA) is 27.1 Å². The molecule has 0 saturated carbocycles. The van der Waals surface area contributed by atoms with E-state index in [9.17, 15) is 0 Å². The molecular weight excluding hydrogens is 272 g/mol. The van der Waals surface area contributed by atoms with Crippen LogP contribution in [0.4, 0.5) is 0 Å². The first-order valence-corrected chi connectivity index (χ1v) is 6.64. The highest BCUT2D eigenvalue weighted by Gasteiger charge is 2.03. The average molecular weight is 285 g/mol. The fraction of sp³-hybridized carbons (Fsp3) is 0.0625. The molecule has 20 heavy (non-hydrogen) atoms. The fourth-order valence-corrected chi connectivity index (χ4v) is 1.96. The Morgan fingerprint density at radius 3 is 2.35 bits per heavy atom. The Balaban J connectivity index is 1.80. The van der Waals surface area contributed by atoms with Crippen LogP contribution in [0.1, 0.15) is 5.56 Å². The molecular formula is C16H13ClN2O. The summed E-state index contributed by atoms with van der Waals surface area (Å²) in [6, 6.07) is 15.4. The van der Waals surface area contributed by atoms with E-state index in [1.165, 1.54) is 5.56 Å². The maximum absolute atomic E-state index is 5.87. The van der Waals surface area contributed by atoms with Gasteiger partial charge in [-0.25, -0.2) is 4.68 Å². The Bertz CT molecular complexity index is 702. The van der Waals surface area contributed by atoms with Crippen LogP contribution < -0.4 is 4.74 Å². The minimum Gasteiger partial charge on any atom is -0.454 e. The van der Waals surface area contributed by atoms with Crippen molar-refractivity contribution in [1.29, 1.82) is 0 Å². The molecule has 0 spiro atoms. The number of benzene rings is 2. The number of aromatic nitrogens is 2. The third-order valence-corrected chi connectivity index (χ3v) is 3.16. The van der Waals surface area contributed by atoms with Gasteiger partial charge in [-0.05, 0) is 43.3 Å². The quantitative estimate of drug-likeness (QED) is 0.701. The summed E-state index contributed by atoms with van der Waals surface area (Å²) in [6.45, 7) is 2.04. The normalized spacial score (nSPS) is 10.5. The Kier molecular flexibility index (Phi) is 3.44. The van der Waals surface area contributed by atoms with Gasteiger partial charge in [-0.1, -0.05) is 29.3 Å². The van der Waals surface area contributed by atoms with Crippen LogP contribution in [0.15, 0.2) is 60.9 Å². The van der Waals surface area contributed by atoms with Crippen molar-refractivity contribution in [3.63, 3.8) is 0 Å². The maximum Gasteiger partial charge on any atom is 0.165 e. The van der Waals surface area contributed by atoms with Crippen molar-refractivity contribution in [3.8, 4) is 17.2 Å². The smallest absolute Gasteiger partial charge is 0.165 e. The lowest BCUT2D eigenvalue weighted by molar-refractivity contribution is 0.482. The minimum absolute atomic E-state index is 0.698. The van der Waals surface area contributed by atoms with Crippen molar-refractivity contribution >= 4 is 11.6 Å². The van der Waals surface area contributed by atoms with E-state index in [1.54, 1.807) is 10.9 Å². The molecule has 3 aromatic rings. The summed E-state index contributed by atoms with van der Waals surface area (Å²) >= 11 is 5.87. The zero-order chi connectivity index (χ0) is 13.9. The van der Waals surface area contributed by atoms with Crippen LogP contribution in [0.2, 0.25) is 5.02 Å². The highest BCUT2D eigenvalue weighted by atomic mass is 35.5. The van der Waals surface area contributed by atoms with E-state index in [0.29, 0.717) is 10.8 Å². The van der Waals surface area contributed by atoms with Crippen molar-refractivity contribution in [3.05, 3.63) is 71.5 Å². The molecule has 0 fully saturated rings. The standard InChI is InChI=1S/C16H13ClN2O/c1-12-2-8-15(9-3-12)20-16-10-18-19(11-16)14-6-4-13(17)5-7-14/h2-11H,1H3. The van der Waals surface area contributed by atoms with Crippen LogP contribution in [-0.4, -0.2) is 9.78 Å². The van der Waals surface area contributed by atoms with Gasteiger partial charge in [0.2, 0.25) is 0 Å². The third kappa shape index (κ3) is 2.83. The minimum atomic E-state index is 0.698. The molecule has 0 radical (unpaired) electrons. The van der Waals surface area contributed by atoms with E-state index in [2.05, 4.69) is 5.10 Å². The Morgan fingerprint density at radius 1 is 0.950 bits per heavy atom. The fourth-order valence-electron chi connectivity index (χ4n) is 1.84. The number of hydrogen-bond donors (Lipinski definition) is 0. The van der Waals surface area contributed by atoms with E-state index in [1.807, 2.05) is 61.7 Å².